The lowest BCUT2D eigenvalue weighted by Crippen LogP contribution is -2.24. The van der Waals surface area contributed by atoms with Crippen molar-refractivity contribution in [2.45, 2.75) is 71.4 Å². The highest BCUT2D eigenvalue weighted by atomic mass is 79.9. The number of carbonyl (C=O) groups excluding carboxylic acids is 1. The maximum Gasteiger partial charge on any atom is 0.251 e. The second-order valence-electron chi connectivity index (χ2n) is 7.83. The van der Waals surface area contributed by atoms with E-state index < -0.39 is 0 Å². The summed E-state index contributed by atoms with van der Waals surface area (Å²) in [5.74, 6) is 0.845. The molecule has 4 nitrogen and oxygen atoms in total. The molecule has 0 fully saturated rings. The molecule has 3 rings (SSSR count). The molecule has 0 spiro atoms. The average Bonchev–Trinajstić information content (AvgIpc) is 3.12. The molecule has 2 aromatic carbocycles. The van der Waals surface area contributed by atoms with Crippen molar-refractivity contribution in [3.8, 4) is 0 Å². The first-order chi connectivity index (χ1) is 14.7. The van der Waals surface area contributed by atoms with E-state index in [0.29, 0.717) is 12.1 Å². The van der Waals surface area contributed by atoms with Gasteiger partial charge in [-0.2, -0.15) is 0 Å². The normalized spacial score (nSPS) is 11.1. The largest absolute Gasteiger partial charge is 0.345 e. The zero-order chi connectivity index (χ0) is 21.2. The van der Waals surface area contributed by atoms with Crippen LogP contribution in [0.25, 0.3) is 11.0 Å². The Morgan fingerprint density at radius 3 is 2.33 bits per heavy atom. The molecule has 0 aliphatic heterocycles. The number of hydrogen-bond donors (Lipinski definition) is 1. The fraction of sp³-hybridized carbons (Fsp3) is 0.440. The van der Waals surface area contributed by atoms with Crippen LogP contribution in [0.15, 0.2) is 53.0 Å². The molecule has 0 bridgehead atoms. The molecule has 1 heterocycles. The maximum atomic E-state index is 12.5. The highest BCUT2D eigenvalue weighted by molar-refractivity contribution is 9.10. The minimum Gasteiger partial charge on any atom is -0.345 e. The van der Waals surface area contributed by atoms with E-state index in [1.165, 1.54) is 44.9 Å². The lowest BCUT2D eigenvalue weighted by Gasteiger charge is -2.10. The van der Waals surface area contributed by atoms with Crippen LogP contribution in [0.3, 0.4) is 0 Å². The third-order valence-electron chi connectivity index (χ3n) is 5.48. The fourth-order valence-corrected chi connectivity index (χ4v) is 4.04. The Labute approximate surface area is 188 Å². The molecule has 160 valence electrons. The van der Waals surface area contributed by atoms with Gasteiger partial charge in [0.15, 0.2) is 0 Å². The monoisotopic (exact) mass is 469 g/mol. The lowest BCUT2D eigenvalue weighted by molar-refractivity contribution is 0.0949. The molecular weight excluding hydrogens is 438 g/mol. The summed E-state index contributed by atoms with van der Waals surface area (Å²) in [4.78, 5) is 17.3. The molecule has 0 saturated heterocycles. The van der Waals surface area contributed by atoms with Crippen LogP contribution >= 0.6 is 15.9 Å². The molecule has 1 amide bonds. The smallest absolute Gasteiger partial charge is 0.251 e. The zero-order valence-electron chi connectivity index (χ0n) is 17.9. The molecule has 30 heavy (non-hydrogen) atoms. The number of nitrogens with zero attached hydrogens (tertiary/aromatic N) is 2. The van der Waals surface area contributed by atoms with E-state index in [9.17, 15) is 4.79 Å². The number of imidazole rings is 1. The second kappa shape index (κ2) is 11.9. The predicted molar refractivity (Wildman–Crippen MR) is 128 cm³/mol. The summed E-state index contributed by atoms with van der Waals surface area (Å²) in [6.45, 7) is 3.63. The topological polar surface area (TPSA) is 46.9 Å². The quantitative estimate of drug-likeness (QED) is 0.294. The number of nitrogens with one attached hydrogen (secondary N) is 1. The van der Waals surface area contributed by atoms with Gasteiger partial charge in [-0.05, 0) is 42.8 Å². The van der Waals surface area contributed by atoms with Crippen molar-refractivity contribution in [2.75, 3.05) is 0 Å². The molecule has 0 aliphatic rings. The van der Waals surface area contributed by atoms with Gasteiger partial charge in [0.25, 0.3) is 5.91 Å². The van der Waals surface area contributed by atoms with Crippen molar-refractivity contribution in [1.82, 2.24) is 14.9 Å². The van der Waals surface area contributed by atoms with Crippen molar-refractivity contribution in [3.05, 3.63) is 64.4 Å². The van der Waals surface area contributed by atoms with E-state index in [1.54, 1.807) is 0 Å². The number of rotatable bonds is 12. The first-order valence-electron chi connectivity index (χ1n) is 11.2. The number of fused-ring (bicyclic) bond motifs is 1. The van der Waals surface area contributed by atoms with Crippen LogP contribution < -0.4 is 5.32 Å². The van der Waals surface area contributed by atoms with Crippen LogP contribution in [0.2, 0.25) is 0 Å². The number of aryl methyl sites for hydroxylation is 1. The van der Waals surface area contributed by atoms with Crippen LogP contribution in [0.4, 0.5) is 0 Å². The van der Waals surface area contributed by atoms with Gasteiger partial charge in [-0.25, -0.2) is 4.98 Å². The summed E-state index contributed by atoms with van der Waals surface area (Å²) in [6.07, 6.45) is 10.4. The zero-order valence-corrected chi connectivity index (χ0v) is 19.5. The number of aromatic nitrogens is 2. The van der Waals surface area contributed by atoms with Crippen LogP contribution in [0, 0.1) is 0 Å². The number of para-hydroxylation sites is 2. The van der Waals surface area contributed by atoms with E-state index in [-0.39, 0.29) is 5.91 Å². The number of carbonyl (C=O) groups is 1. The Hall–Kier alpha value is -2.14. The van der Waals surface area contributed by atoms with Crippen LogP contribution in [0.5, 0.6) is 0 Å². The molecule has 5 heteroatoms. The summed E-state index contributed by atoms with van der Waals surface area (Å²) >= 11 is 3.40. The number of benzene rings is 2. The van der Waals surface area contributed by atoms with Crippen molar-refractivity contribution in [2.24, 2.45) is 0 Å². The van der Waals surface area contributed by atoms with E-state index in [0.717, 1.165) is 34.3 Å². The van der Waals surface area contributed by atoms with Gasteiger partial charge in [0.05, 0.1) is 17.6 Å². The summed E-state index contributed by atoms with van der Waals surface area (Å²) in [6, 6.07) is 15.6. The Kier molecular flexibility index (Phi) is 8.94. The molecule has 1 aromatic heterocycles. The maximum absolute atomic E-state index is 12.5. The minimum absolute atomic E-state index is 0.0758. The van der Waals surface area contributed by atoms with E-state index >= 15 is 0 Å². The molecule has 0 aliphatic carbocycles. The fourth-order valence-electron chi connectivity index (χ4n) is 3.78. The number of unbranched alkanes of at least 4 members (excludes halogenated alkanes) is 7. The van der Waals surface area contributed by atoms with Crippen molar-refractivity contribution in [3.63, 3.8) is 0 Å². The Balaban J connectivity index is 1.57. The van der Waals surface area contributed by atoms with Gasteiger partial charge >= 0.3 is 0 Å². The molecule has 3 aromatic rings. The SMILES string of the molecule is CCCCCCCCCCn1c(CNC(=O)c2ccc(Br)cc2)nc2ccccc21. The first-order valence-corrected chi connectivity index (χ1v) is 12.0. The number of hydrogen-bond acceptors (Lipinski definition) is 2. The van der Waals surface area contributed by atoms with Crippen molar-refractivity contribution < 1.29 is 4.79 Å². The summed E-state index contributed by atoms with van der Waals surface area (Å²) in [5.41, 5.74) is 2.79. The minimum atomic E-state index is -0.0758. The highest BCUT2D eigenvalue weighted by Gasteiger charge is 2.12. The van der Waals surface area contributed by atoms with Gasteiger partial charge in [-0.3, -0.25) is 4.79 Å². The third-order valence-corrected chi connectivity index (χ3v) is 6.01. The molecule has 0 unspecified atom stereocenters. The Morgan fingerprint density at radius 2 is 1.60 bits per heavy atom. The summed E-state index contributed by atoms with van der Waals surface area (Å²) in [7, 11) is 0. The van der Waals surface area contributed by atoms with Crippen molar-refractivity contribution in [1.29, 1.82) is 0 Å². The number of amides is 1. The average molecular weight is 470 g/mol. The Morgan fingerprint density at radius 1 is 0.933 bits per heavy atom. The molecule has 1 N–H and O–H groups in total. The lowest BCUT2D eigenvalue weighted by atomic mass is 10.1. The van der Waals surface area contributed by atoms with Crippen LogP contribution in [0.1, 0.15) is 74.5 Å². The van der Waals surface area contributed by atoms with Gasteiger partial charge in [-0.1, -0.05) is 79.9 Å². The Bertz CT molecular complexity index is 933. The molecular formula is C25H32BrN3O. The van der Waals surface area contributed by atoms with Gasteiger partial charge < -0.3 is 9.88 Å². The predicted octanol–water partition coefficient (Wildman–Crippen LogP) is 6.87. The molecule has 0 saturated carbocycles. The van der Waals surface area contributed by atoms with Crippen LogP contribution in [-0.4, -0.2) is 15.5 Å². The van der Waals surface area contributed by atoms with Gasteiger partial charge in [0.2, 0.25) is 0 Å². The third kappa shape index (κ3) is 6.43. The number of halogens is 1. The van der Waals surface area contributed by atoms with E-state index in [4.69, 9.17) is 4.98 Å². The molecule has 0 radical (unpaired) electrons. The second-order valence-corrected chi connectivity index (χ2v) is 8.75. The van der Waals surface area contributed by atoms with E-state index in [1.807, 2.05) is 36.4 Å². The standard InChI is InChI=1S/C25H32BrN3O/c1-2-3-4-5-6-7-8-11-18-29-23-13-10-9-12-22(23)28-24(29)19-27-25(30)20-14-16-21(26)17-15-20/h9-10,12-17H,2-8,11,18-19H2,1H3,(H,27,30). The summed E-state index contributed by atoms with van der Waals surface area (Å²) in [5, 5.41) is 3.03. The van der Waals surface area contributed by atoms with Gasteiger partial charge in [-0.15, -0.1) is 0 Å². The summed E-state index contributed by atoms with van der Waals surface area (Å²) < 4.78 is 3.24. The first kappa shape index (κ1) is 22.5. The highest BCUT2D eigenvalue weighted by Crippen LogP contribution is 2.18. The van der Waals surface area contributed by atoms with Crippen LogP contribution in [-0.2, 0) is 13.1 Å². The van der Waals surface area contributed by atoms with Crippen molar-refractivity contribution >= 4 is 32.9 Å². The van der Waals surface area contributed by atoms with Gasteiger partial charge in [0, 0.05) is 16.6 Å². The molecule has 0 atom stereocenters. The van der Waals surface area contributed by atoms with Gasteiger partial charge in [0.1, 0.15) is 5.82 Å². The van der Waals surface area contributed by atoms with E-state index in [2.05, 4.69) is 44.9 Å².